The fourth-order valence-corrected chi connectivity index (χ4v) is 3.18. The number of likely N-dealkylation sites (tertiary alicyclic amines) is 1. The van der Waals surface area contributed by atoms with E-state index < -0.39 is 0 Å². The Kier molecular flexibility index (Phi) is 4.05. The molecule has 3 rings (SSSR count). The smallest absolute Gasteiger partial charge is 0.257 e. The molecule has 2 aliphatic rings. The van der Waals surface area contributed by atoms with Gasteiger partial charge in [0.1, 0.15) is 0 Å². The summed E-state index contributed by atoms with van der Waals surface area (Å²) >= 11 is 0. The Hall–Kier alpha value is -1.36. The Bertz CT molecular complexity index is 445. The zero-order chi connectivity index (χ0) is 13.9. The van der Waals surface area contributed by atoms with Crippen LogP contribution in [0.25, 0.3) is 0 Å². The van der Waals surface area contributed by atoms with Crippen molar-refractivity contribution < 1.29 is 4.74 Å². The molecule has 0 spiro atoms. The fraction of sp³-hybridized carbons (Fsp3) is 0.733. The minimum atomic E-state index is 0.127. The van der Waals surface area contributed by atoms with Gasteiger partial charge in [-0.25, -0.2) is 9.97 Å². The van der Waals surface area contributed by atoms with Crippen LogP contribution >= 0.6 is 0 Å². The van der Waals surface area contributed by atoms with E-state index in [1.807, 2.05) is 13.8 Å². The third-order valence-electron chi connectivity index (χ3n) is 4.11. The molecule has 0 saturated carbocycles. The number of ether oxygens (including phenoxy) is 1. The quantitative estimate of drug-likeness (QED) is 0.840. The van der Waals surface area contributed by atoms with Gasteiger partial charge in [0.15, 0.2) is 5.82 Å². The highest BCUT2D eigenvalue weighted by Crippen LogP contribution is 2.29. The van der Waals surface area contributed by atoms with Gasteiger partial charge in [0.2, 0.25) is 0 Å². The maximum atomic E-state index is 5.79. The Morgan fingerprint density at radius 2 is 1.90 bits per heavy atom. The molecule has 110 valence electrons. The van der Waals surface area contributed by atoms with Crippen LogP contribution in [0.3, 0.4) is 0 Å². The molecule has 5 heteroatoms. The molecule has 5 nitrogen and oxygen atoms in total. The molecule has 0 N–H and O–H groups in total. The van der Waals surface area contributed by atoms with Crippen molar-refractivity contribution in [1.82, 2.24) is 14.9 Å². The van der Waals surface area contributed by atoms with Crippen molar-refractivity contribution in [3.8, 4) is 5.88 Å². The standard InChI is InChI=1S/C15H24N4O/c1-12(2)20-15-14(16-6-7-17-15)19-10-5-13(11-19)18-8-3-4-9-18/h6-7,12-13H,3-5,8-11H2,1-2H3. The fourth-order valence-electron chi connectivity index (χ4n) is 3.18. The van der Waals surface area contributed by atoms with Crippen molar-refractivity contribution in [3.05, 3.63) is 12.4 Å². The van der Waals surface area contributed by atoms with Gasteiger partial charge in [0.05, 0.1) is 6.10 Å². The number of rotatable bonds is 4. The molecule has 0 bridgehead atoms. The average Bonchev–Trinajstić information content (AvgIpc) is 3.10. The Morgan fingerprint density at radius 1 is 1.15 bits per heavy atom. The van der Waals surface area contributed by atoms with Gasteiger partial charge < -0.3 is 9.64 Å². The van der Waals surface area contributed by atoms with E-state index in [9.17, 15) is 0 Å². The van der Waals surface area contributed by atoms with Crippen LogP contribution in [0.15, 0.2) is 12.4 Å². The molecule has 20 heavy (non-hydrogen) atoms. The van der Waals surface area contributed by atoms with Gasteiger partial charge in [0, 0.05) is 31.5 Å². The highest BCUT2D eigenvalue weighted by Gasteiger charge is 2.31. The first kappa shape index (κ1) is 13.6. The minimum absolute atomic E-state index is 0.127. The SMILES string of the molecule is CC(C)Oc1nccnc1N1CCC(N2CCCC2)C1. The van der Waals surface area contributed by atoms with E-state index in [1.165, 1.54) is 32.4 Å². The second-order valence-corrected chi connectivity index (χ2v) is 5.98. The number of nitrogens with zero attached hydrogens (tertiary/aromatic N) is 4. The number of anilines is 1. The number of hydrogen-bond acceptors (Lipinski definition) is 5. The summed E-state index contributed by atoms with van der Waals surface area (Å²) in [6, 6.07) is 0.673. The average molecular weight is 276 g/mol. The predicted octanol–water partition coefficient (Wildman–Crippen LogP) is 1.94. The molecule has 2 aliphatic heterocycles. The van der Waals surface area contributed by atoms with E-state index in [1.54, 1.807) is 12.4 Å². The van der Waals surface area contributed by atoms with Crippen LogP contribution in [-0.2, 0) is 0 Å². The van der Waals surface area contributed by atoms with Crippen molar-refractivity contribution in [2.24, 2.45) is 0 Å². The first-order valence-electron chi connectivity index (χ1n) is 7.70. The molecule has 1 aromatic heterocycles. The van der Waals surface area contributed by atoms with Gasteiger partial charge in [-0.3, -0.25) is 4.90 Å². The molecule has 2 fully saturated rings. The van der Waals surface area contributed by atoms with E-state index in [0.717, 1.165) is 18.9 Å². The molecule has 1 aromatic rings. The third kappa shape index (κ3) is 2.87. The zero-order valence-electron chi connectivity index (χ0n) is 12.5. The van der Waals surface area contributed by atoms with Crippen molar-refractivity contribution >= 4 is 5.82 Å². The summed E-state index contributed by atoms with van der Waals surface area (Å²) in [6.07, 6.45) is 7.51. The van der Waals surface area contributed by atoms with Crippen LogP contribution in [0.2, 0.25) is 0 Å². The Balaban J connectivity index is 1.70. The normalized spacial score (nSPS) is 23.8. The van der Waals surface area contributed by atoms with E-state index in [4.69, 9.17) is 4.74 Å². The molecule has 0 radical (unpaired) electrons. The topological polar surface area (TPSA) is 41.5 Å². The molecule has 1 atom stereocenters. The van der Waals surface area contributed by atoms with Gasteiger partial charge in [-0.15, -0.1) is 0 Å². The molecule has 3 heterocycles. The lowest BCUT2D eigenvalue weighted by atomic mass is 10.2. The molecule has 1 unspecified atom stereocenters. The van der Waals surface area contributed by atoms with Crippen LogP contribution in [0.1, 0.15) is 33.1 Å². The summed E-state index contributed by atoms with van der Waals surface area (Å²) in [4.78, 5) is 13.8. The summed E-state index contributed by atoms with van der Waals surface area (Å²) in [6.45, 7) is 8.66. The largest absolute Gasteiger partial charge is 0.472 e. The highest BCUT2D eigenvalue weighted by atomic mass is 16.5. The van der Waals surface area contributed by atoms with E-state index in [-0.39, 0.29) is 6.10 Å². The first-order chi connectivity index (χ1) is 9.74. The Labute approximate surface area is 121 Å². The van der Waals surface area contributed by atoms with Crippen molar-refractivity contribution in [3.63, 3.8) is 0 Å². The van der Waals surface area contributed by atoms with Crippen LogP contribution in [0.4, 0.5) is 5.82 Å². The molecule has 2 saturated heterocycles. The van der Waals surface area contributed by atoms with Gasteiger partial charge in [-0.05, 0) is 46.2 Å². The van der Waals surface area contributed by atoms with Crippen LogP contribution in [0.5, 0.6) is 5.88 Å². The lowest BCUT2D eigenvalue weighted by Gasteiger charge is -2.24. The molecular weight excluding hydrogens is 252 g/mol. The molecule has 0 amide bonds. The van der Waals surface area contributed by atoms with Gasteiger partial charge in [-0.2, -0.15) is 0 Å². The summed E-state index contributed by atoms with van der Waals surface area (Å²) in [5.74, 6) is 1.58. The van der Waals surface area contributed by atoms with Crippen LogP contribution in [-0.4, -0.2) is 53.2 Å². The first-order valence-corrected chi connectivity index (χ1v) is 7.70. The maximum absolute atomic E-state index is 5.79. The molecular formula is C15H24N4O. The lowest BCUT2D eigenvalue weighted by molar-refractivity contribution is 0.232. The monoisotopic (exact) mass is 276 g/mol. The van der Waals surface area contributed by atoms with E-state index in [2.05, 4.69) is 19.8 Å². The number of aromatic nitrogens is 2. The summed E-state index contributed by atoms with van der Waals surface area (Å²) in [5, 5.41) is 0. The van der Waals surface area contributed by atoms with E-state index >= 15 is 0 Å². The van der Waals surface area contributed by atoms with Gasteiger partial charge >= 0.3 is 0 Å². The summed E-state index contributed by atoms with van der Waals surface area (Å²) < 4.78 is 5.79. The second-order valence-electron chi connectivity index (χ2n) is 5.98. The van der Waals surface area contributed by atoms with Gasteiger partial charge in [0.25, 0.3) is 5.88 Å². The summed E-state index contributed by atoms with van der Waals surface area (Å²) in [5.41, 5.74) is 0. The number of hydrogen-bond donors (Lipinski definition) is 0. The zero-order valence-corrected chi connectivity index (χ0v) is 12.5. The van der Waals surface area contributed by atoms with Crippen LogP contribution < -0.4 is 9.64 Å². The lowest BCUT2D eigenvalue weighted by Crippen LogP contribution is -2.35. The van der Waals surface area contributed by atoms with Crippen molar-refractivity contribution in [1.29, 1.82) is 0 Å². The minimum Gasteiger partial charge on any atom is -0.472 e. The van der Waals surface area contributed by atoms with Crippen molar-refractivity contribution in [2.45, 2.75) is 45.3 Å². The van der Waals surface area contributed by atoms with Crippen molar-refractivity contribution in [2.75, 3.05) is 31.1 Å². The van der Waals surface area contributed by atoms with Gasteiger partial charge in [-0.1, -0.05) is 0 Å². The Morgan fingerprint density at radius 3 is 2.65 bits per heavy atom. The van der Waals surface area contributed by atoms with Crippen LogP contribution in [0, 0.1) is 0 Å². The summed E-state index contributed by atoms with van der Waals surface area (Å²) in [7, 11) is 0. The molecule has 0 aliphatic carbocycles. The van der Waals surface area contributed by atoms with E-state index in [0.29, 0.717) is 11.9 Å². The molecule has 0 aromatic carbocycles. The second kappa shape index (κ2) is 5.95. The highest BCUT2D eigenvalue weighted by molar-refractivity contribution is 5.49. The predicted molar refractivity (Wildman–Crippen MR) is 79.2 cm³/mol. The maximum Gasteiger partial charge on any atom is 0.257 e. The third-order valence-corrected chi connectivity index (χ3v) is 4.11.